The number of aromatic nitrogens is 1. The first-order valence-corrected chi connectivity index (χ1v) is 19.2. The van der Waals surface area contributed by atoms with Crippen molar-refractivity contribution < 1.29 is 8.83 Å². The lowest BCUT2D eigenvalue weighted by molar-refractivity contribution is 0.668. The van der Waals surface area contributed by atoms with Gasteiger partial charge in [0.25, 0.3) is 0 Å². The van der Waals surface area contributed by atoms with Gasteiger partial charge >= 0.3 is 0 Å². The van der Waals surface area contributed by atoms with E-state index in [0.29, 0.717) is 5.84 Å². The van der Waals surface area contributed by atoms with E-state index in [0.717, 1.165) is 83.2 Å². The van der Waals surface area contributed by atoms with Gasteiger partial charge in [0.1, 0.15) is 34.3 Å². The summed E-state index contributed by atoms with van der Waals surface area (Å²) in [5.74, 6) is 1.46. The van der Waals surface area contributed by atoms with Crippen molar-refractivity contribution in [3.05, 3.63) is 199 Å². The number of rotatable bonds is 5. The van der Waals surface area contributed by atoms with E-state index in [1.807, 2.05) is 42.5 Å². The number of amidine groups is 2. The number of nitrogens with zero attached hydrogens (tertiary/aromatic N) is 3. The molecule has 0 radical (unpaired) electrons. The van der Waals surface area contributed by atoms with Crippen molar-refractivity contribution in [2.75, 3.05) is 0 Å². The zero-order valence-electron chi connectivity index (χ0n) is 30.6. The number of aliphatic imine (C=N–C) groups is 2. The maximum atomic E-state index is 6.51. The van der Waals surface area contributed by atoms with Gasteiger partial charge in [0.15, 0.2) is 5.84 Å². The summed E-state index contributed by atoms with van der Waals surface area (Å²) in [6, 6.07) is 63.3. The minimum atomic E-state index is -0.272. The van der Waals surface area contributed by atoms with Crippen LogP contribution >= 0.6 is 0 Å². The number of benzene rings is 8. The van der Waals surface area contributed by atoms with Gasteiger partial charge in [0, 0.05) is 55.2 Å². The largest absolute Gasteiger partial charge is 0.456 e. The Labute approximate surface area is 326 Å². The number of nitrogens with one attached hydrogen (secondary N) is 1. The molecule has 8 aromatic carbocycles. The molecule has 0 saturated heterocycles. The third-order valence-corrected chi connectivity index (χ3v) is 11.3. The molecule has 1 N–H and O–H groups in total. The molecule has 1 unspecified atom stereocenters. The Morgan fingerprint density at radius 2 is 0.965 bits per heavy atom. The van der Waals surface area contributed by atoms with Crippen molar-refractivity contribution in [1.82, 2.24) is 9.88 Å². The zero-order valence-corrected chi connectivity index (χ0v) is 30.6. The molecule has 6 heteroatoms. The van der Waals surface area contributed by atoms with Crippen LogP contribution in [0.1, 0.15) is 22.9 Å². The van der Waals surface area contributed by atoms with E-state index >= 15 is 0 Å². The van der Waals surface area contributed by atoms with E-state index in [2.05, 4.69) is 149 Å². The molecule has 11 aromatic rings. The second kappa shape index (κ2) is 12.4. The van der Waals surface area contributed by atoms with Crippen molar-refractivity contribution in [3.8, 4) is 16.8 Å². The Balaban J connectivity index is 0.932. The molecule has 1 aliphatic heterocycles. The molecule has 0 saturated carbocycles. The van der Waals surface area contributed by atoms with Crippen LogP contribution in [0.2, 0.25) is 0 Å². The van der Waals surface area contributed by atoms with E-state index in [4.69, 9.17) is 18.8 Å². The standard InChI is InChI=1S/C51H32N4O2/c1-3-11-31(12-4-1)49-52-50(32-13-5-2-6-14-32)54-51(53-49)35-21-26-47-42(29-35)41-28-34(20-25-46(41)56-47)33-19-24-45-40(27-33)39-23-22-36(30-48(39)57-45)55-43-17-9-7-15-37(43)38-16-8-10-18-44(38)55/h1-30,49H,(H,52,53,54). The average Bonchev–Trinajstić information content (AvgIpc) is 3.95. The molecule has 57 heavy (non-hydrogen) atoms. The molecule has 0 fully saturated rings. The lowest BCUT2D eigenvalue weighted by atomic mass is 10.00. The SMILES string of the molecule is c1ccc(C2=NC(c3ccccc3)NC(c3ccc4oc5ccc(-c6ccc7oc8cc(-n9c%10ccccc%10c%10ccccc%109)ccc8c7c6)cc5c4c3)=N2)cc1. The van der Waals surface area contributed by atoms with Gasteiger partial charge in [-0.15, -0.1) is 0 Å². The van der Waals surface area contributed by atoms with Gasteiger partial charge in [-0.3, -0.25) is 0 Å². The van der Waals surface area contributed by atoms with Gasteiger partial charge in [-0.05, 0) is 83.4 Å². The highest BCUT2D eigenvalue weighted by molar-refractivity contribution is 6.16. The Kier molecular flexibility index (Phi) is 6.89. The fourth-order valence-electron chi connectivity index (χ4n) is 8.51. The smallest absolute Gasteiger partial charge is 0.159 e. The first-order valence-electron chi connectivity index (χ1n) is 19.2. The number of hydrogen-bond acceptors (Lipinski definition) is 5. The third-order valence-electron chi connectivity index (χ3n) is 11.3. The van der Waals surface area contributed by atoms with Crippen molar-refractivity contribution in [1.29, 1.82) is 0 Å². The molecule has 1 atom stereocenters. The first kappa shape index (κ1) is 31.6. The van der Waals surface area contributed by atoms with Crippen LogP contribution in [0, 0.1) is 0 Å². The van der Waals surface area contributed by atoms with Gasteiger partial charge < -0.3 is 18.7 Å². The quantitative estimate of drug-likeness (QED) is 0.192. The third kappa shape index (κ3) is 5.11. The lowest BCUT2D eigenvalue weighted by Crippen LogP contribution is -2.33. The highest BCUT2D eigenvalue weighted by atomic mass is 16.3. The summed E-state index contributed by atoms with van der Waals surface area (Å²) in [4.78, 5) is 10.1. The molecule has 12 rings (SSSR count). The Morgan fingerprint density at radius 1 is 0.421 bits per heavy atom. The fourth-order valence-corrected chi connectivity index (χ4v) is 8.51. The van der Waals surface area contributed by atoms with Gasteiger partial charge in [-0.1, -0.05) is 109 Å². The highest BCUT2D eigenvalue weighted by Crippen LogP contribution is 2.38. The van der Waals surface area contributed by atoms with Crippen LogP contribution in [0.15, 0.2) is 201 Å². The second-order valence-corrected chi connectivity index (χ2v) is 14.6. The van der Waals surface area contributed by atoms with Crippen molar-refractivity contribution in [2.45, 2.75) is 6.17 Å². The summed E-state index contributed by atoms with van der Waals surface area (Å²) in [5, 5.41) is 10.3. The number of hydrogen-bond donors (Lipinski definition) is 1. The average molecular weight is 733 g/mol. The Hall–Kier alpha value is -7.70. The van der Waals surface area contributed by atoms with Crippen molar-refractivity contribution >= 4 is 77.4 Å². The molecule has 4 heterocycles. The van der Waals surface area contributed by atoms with Crippen LogP contribution < -0.4 is 5.32 Å². The molecule has 0 amide bonds. The van der Waals surface area contributed by atoms with E-state index in [-0.39, 0.29) is 6.17 Å². The number of para-hydroxylation sites is 2. The first-order chi connectivity index (χ1) is 28.2. The van der Waals surface area contributed by atoms with E-state index in [1.165, 1.54) is 21.8 Å². The number of furan rings is 2. The van der Waals surface area contributed by atoms with Crippen LogP contribution in [-0.4, -0.2) is 16.2 Å². The highest BCUT2D eigenvalue weighted by Gasteiger charge is 2.22. The molecular formula is C51H32N4O2. The lowest BCUT2D eigenvalue weighted by Gasteiger charge is -2.23. The maximum Gasteiger partial charge on any atom is 0.159 e. The molecular weight excluding hydrogens is 701 g/mol. The van der Waals surface area contributed by atoms with E-state index < -0.39 is 0 Å². The van der Waals surface area contributed by atoms with Crippen LogP contribution in [0.3, 0.4) is 0 Å². The molecule has 0 spiro atoms. The molecule has 6 nitrogen and oxygen atoms in total. The minimum absolute atomic E-state index is 0.272. The van der Waals surface area contributed by atoms with Gasteiger partial charge in [-0.2, -0.15) is 0 Å². The predicted molar refractivity (Wildman–Crippen MR) is 233 cm³/mol. The van der Waals surface area contributed by atoms with Gasteiger partial charge in [0.2, 0.25) is 0 Å². The maximum absolute atomic E-state index is 6.51. The molecule has 268 valence electrons. The van der Waals surface area contributed by atoms with E-state index in [1.54, 1.807) is 0 Å². The predicted octanol–water partition coefficient (Wildman–Crippen LogP) is 12.7. The molecule has 3 aromatic heterocycles. The van der Waals surface area contributed by atoms with Crippen molar-refractivity contribution in [3.63, 3.8) is 0 Å². The summed E-state index contributed by atoms with van der Waals surface area (Å²) < 4.78 is 15.2. The molecule has 0 aliphatic carbocycles. The van der Waals surface area contributed by atoms with Gasteiger partial charge in [0.05, 0.1) is 11.0 Å². The van der Waals surface area contributed by atoms with Crippen LogP contribution in [0.5, 0.6) is 0 Å². The summed E-state index contributed by atoms with van der Waals surface area (Å²) >= 11 is 0. The fraction of sp³-hybridized carbons (Fsp3) is 0.0196. The minimum Gasteiger partial charge on any atom is -0.456 e. The molecule has 1 aliphatic rings. The normalized spacial score (nSPS) is 14.5. The summed E-state index contributed by atoms with van der Waals surface area (Å²) in [6.45, 7) is 0. The molecule has 0 bridgehead atoms. The number of fused-ring (bicyclic) bond motifs is 9. The second-order valence-electron chi connectivity index (χ2n) is 14.6. The van der Waals surface area contributed by atoms with Crippen LogP contribution in [0.25, 0.3) is 82.5 Å². The van der Waals surface area contributed by atoms with E-state index in [9.17, 15) is 0 Å². The van der Waals surface area contributed by atoms with Gasteiger partial charge in [-0.25, -0.2) is 9.98 Å². The summed E-state index contributed by atoms with van der Waals surface area (Å²) in [5.41, 5.74) is 12.0. The van der Waals surface area contributed by atoms with Crippen molar-refractivity contribution in [2.24, 2.45) is 9.98 Å². The zero-order chi connectivity index (χ0) is 37.5. The summed E-state index contributed by atoms with van der Waals surface area (Å²) in [6.07, 6.45) is -0.272. The Bertz CT molecular complexity index is 3390. The topological polar surface area (TPSA) is 68.0 Å². The van der Waals surface area contributed by atoms with Crippen LogP contribution in [-0.2, 0) is 0 Å². The summed E-state index contributed by atoms with van der Waals surface area (Å²) in [7, 11) is 0. The van der Waals surface area contributed by atoms with Crippen LogP contribution in [0.4, 0.5) is 0 Å². The monoisotopic (exact) mass is 732 g/mol. The Morgan fingerprint density at radius 3 is 1.63 bits per heavy atom.